The SMILES string of the molecule is CC(C)S(=O)N1C[C@@H](C)N[C@@H](C)C1. The van der Waals surface area contributed by atoms with Gasteiger partial charge in [0.1, 0.15) is 0 Å². The van der Waals surface area contributed by atoms with Crippen LogP contribution in [0, 0.1) is 0 Å². The summed E-state index contributed by atoms with van der Waals surface area (Å²) in [5.41, 5.74) is 0. The van der Waals surface area contributed by atoms with Crippen LogP contribution in [0.15, 0.2) is 0 Å². The van der Waals surface area contributed by atoms with Crippen molar-refractivity contribution in [2.45, 2.75) is 45.0 Å². The Hall–Kier alpha value is 0.0700. The second-order valence-electron chi connectivity index (χ2n) is 4.14. The summed E-state index contributed by atoms with van der Waals surface area (Å²) in [5.74, 6) is 0. The van der Waals surface area contributed by atoms with Gasteiger partial charge in [0.05, 0.1) is 11.0 Å². The summed E-state index contributed by atoms with van der Waals surface area (Å²) in [6.07, 6.45) is 0. The fourth-order valence-electron chi connectivity index (χ4n) is 1.72. The van der Waals surface area contributed by atoms with E-state index in [1.807, 2.05) is 13.8 Å². The summed E-state index contributed by atoms with van der Waals surface area (Å²) in [4.78, 5) is 0. The lowest BCUT2D eigenvalue weighted by atomic mass is 10.2. The minimum absolute atomic E-state index is 0.234. The van der Waals surface area contributed by atoms with Gasteiger partial charge in [-0.3, -0.25) is 0 Å². The Morgan fingerprint density at radius 1 is 1.31 bits per heavy atom. The molecule has 1 unspecified atom stereocenters. The zero-order valence-corrected chi connectivity index (χ0v) is 9.73. The van der Waals surface area contributed by atoms with Crippen molar-refractivity contribution < 1.29 is 4.21 Å². The maximum Gasteiger partial charge on any atom is 0.0969 e. The van der Waals surface area contributed by atoms with Gasteiger partial charge in [-0.2, -0.15) is 0 Å². The third kappa shape index (κ3) is 3.04. The van der Waals surface area contributed by atoms with Crippen LogP contribution >= 0.6 is 0 Å². The molecule has 4 heteroatoms. The first-order chi connectivity index (χ1) is 6.00. The first-order valence-corrected chi connectivity index (χ1v) is 6.09. The summed E-state index contributed by atoms with van der Waals surface area (Å²) in [6, 6.07) is 0.901. The van der Waals surface area contributed by atoms with Gasteiger partial charge < -0.3 is 5.32 Å². The molecule has 0 aromatic carbocycles. The minimum atomic E-state index is -0.806. The first kappa shape index (κ1) is 11.1. The number of piperazine rings is 1. The van der Waals surface area contributed by atoms with Crippen molar-refractivity contribution in [1.82, 2.24) is 9.62 Å². The van der Waals surface area contributed by atoms with Gasteiger partial charge in [0.25, 0.3) is 0 Å². The Labute approximate surface area is 83.5 Å². The van der Waals surface area contributed by atoms with Gasteiger partial charge >= 0.3 is 0 Å². The summed E-state index contributed by atoms with van der Waals surface area (Å²) in [7, 11) is -0.806. The number of rotatable bonds is 2. The average molecular weight is 204 g/mol. The highest BCUT2D eigenvalue weighted by Gasteiger charge is 2.25. The van der Waals surface area contributed by atoms with E-state index in [-0.39, 0.29) is 5.25 Å². The van der Waals surface area contributed by atoms with Crippen LogP contribution < -0.4 is 5.32 Å². The predicted octanol–water partition coefficient (Wildman–Crippen LogP) is 0.741. The zero-order valence-electron chi connectivity index (χ0n) is 8.91. The van der Waals surface area contributed by atoms with Crippen molar-refractivity contribution in [1.29, 1.82) is 0 Å². The normalized spacial score (nSPS) is 33.6. The quantitative estimate of drug-likeness (QED) is 0.719. The third-order valence-electron chi connectivity index (χ3n) is 2.18. The van der Waals surface area contributed by atoms with E-state index in [2.05, 4.69) is 23.5 Å². The Balaban J connectivity index is 2.55. The van der Waals surface area contributed by atoms with Crippen LogP contribution in [0.2, 0.25) is 0 Å². The summed E-state index contributed by atoms with van der Waals surface area (Å²) < 4.78 is 13.9. The van der Waals surface area contributed by atoms with E-state index in [0.29, 0.717) is 12.1 Å². The van der Waals surface area contributed by atoms with Crippen LogP contribution in [0.25, 0.3) is 0 Å². The molecule has 1 aliphatic heterocycles. The van der Waals surface area contributed by atoms with E-state index in [0.717, 1.165) is 13.1 Å². The van der Waals surface area contributed by atoms with Gasteiger partial charge in [-0.25, -0.2) is 8.51 Å². The third-order valence-corrected chi connectivity index (χ3v) is 3.80. The molecule has 1 aliphatic rings. The van der Waals surface area contributed by atoms with Crippen LogP contribution in [0.1, 0.15) is 27.7 Å². The highest BCUT2D eigenvalue weighted by atomic mass is 32.2. The zero-order chi connectivity index (χ0) is 10.0. The first-order valence-electron chi connectivity index (χ1n) is 4.92. The van der Waals surface area contributed by atoms with Crippen LogP contribution in [-0.2, 0) is 11.0 Å². The molecule has 0 aromatic heterocycles. The van der Waals surface area contributed by atoms with Crippen molar-refractivity contribution in [3.05, 3.63) is 0 Å². The molecular formula is C9H20N2OS. The summed E-state index contributed by atoms with van der Waals surface area (Å²) >= 11 is 0. The highest BCUT2D eigenvalue weighted by molar-refractivity contribution is 7.83. The molecule has 1 heterocycles. The molecule has 3 atom stereocenters. The standard InChI is InChI=1S/C9H20N2OS/c1-7(2)13(12)11-5-8(3)10-9(4)6-11/h7-10H,5-6H2,1-4H3/t8-,9+,13?. The van der Waals surface area contributed by atoms with E-state index >= 15 is 0 Å². The van der Waals surface area contributed by atoms with E-state index in [4.69, 9.17) is 0 Å². The average Bonchev–Trinajstić information content (AvgIpc) is 2.01. The second kappa shape index (κ2) is 4.53. The summed E-state index contributed by atoms with van der Waals surface area (Å²) in [6.45, 7) is 10.1. The topological polar surface area (TPSA) is 32.3 Å². The molecule has 0 amide bonds. The van der Waals surface area contributed by atoms with Gasteiger partial charge in [0, 0.05) is 30.4 Å². The molecule has 0 aromatic rings. The molecule has 1 rings (SSSR count). The molecule has 0 saturated carbocycles. The van der Waals surface area contributed by atoms with E-state index in [1.54, 1.807) is 0 Å². The van der Waals surface area contributed by atoms with Crippen LogP contribution in [-0.4, -0.2) is 38.9 Å². The van der Waals surface area contributed by atoms with Gasteiger partial charge in [-0.15, -0.1) is 0 Å². The molecule has 1 fully saturated rings. The lowest BCUT2D eigenvalue weighted by Gasteiger charge is -2.35. The minimum Gasteiger partial charge on any atom is -0.309 e. The maximum absolute atomic E-state index is 11.8. The Morgan fingerprint density at radius 3 is 2.15 bits per heavy atom. The number of nitrogens with one attached hydrogen (secondary N) is 1. The second-order valence-corrected chi connectivity index (χ2v) is 6.15. The molecule has 0 spiro atoms. The van der Waals surface area contributed by atoms with Crippen LogP contribution in [0.4, 0.5) is 0 Å². The number of hydrogen-bond acceptors (Lipinski definition) is 2. The smallest absolute Gasteiger partial charge is 0.0969 e. The molecule has 1 saturated heterocycles. The van der Waals surface area contributed by atoms with Crippen molar-refractivity contribution in [3.63, 3.8) is 0 Å². The van der Waals surface area contributed by atoms with E-state index < -0.39 is 11.0 Å². The van der Waals surface area contributed by atoms with Crippen molar-refractivity contribution >= 4 is 11.0 Å². The lowest BCUT2D eigenvalue weighted by Crippen LogP contribution is -2.55. The molecule has 13 heavy (non-hydrogen) atoms. The van der Waals surface area contributed by atoms with Crippen LogP contribution in [0.3, 0.4) is 0 Å². The van der Waals surface area contributed by atoms with E-state index in [9.17, 15) is 4.21 Å². The molecule has 78 valence electrons. The summed E-state index contributed by atoms with van der Waals surface area (Å²) in [5, 5.41) is 3.66. The Kier molecular flexibility index (Phi) is 3.88. The lowest BCUT2D eigenvalue weighted by molar-refractivity contribution is 0.271. The van der Waals surface area contributed by atoms with E-state index in [1.165, 1.54) is 0 Å². The fraction of sp³-hybridized carbons (Fsp3) is 1.00. The highest BCUT2D eigenvalue weighted by Crippen LogP contribution is 2.09. The molecule has 0 radical (unpaired) electrons. The van der Waals surface area contributed by atoms with Crippen molar-refractivity contribution in [3.8, 4) is 0 Å². The molecule has 3 nitrogen and oxygen atoms in total. The van der Waals surface area contributed by atoms with Gasteiger partial charge in [0.2, 0.25) is 0 Å². The van der Waals surface area contributed by atoms with Crippen molar-refractivity contribution in [2.24, 2.45) is 0 Å². The number of nitrogens with zero attached hydrogens (tertiary/aromatic N) is 1. The predicted molar refractivity (Wildman–Crippen MR) is 56.9 cm³/mol. The Bertz CT molecular complexity index is 186. The van der Waals surface area contributed by atoms with Crippen molar-refractivity contribution in [2.75, 3.05) is 13.1 Å². The van der Waals surface area contributed by atoms with Crippen LogP contribution in [0.5, 0.6) is 0 Å². The van der Waals surface area contributed by atoms with Gasteiger partial charge in [-0.05, 0) is 27.7 Å². The molecule has 1 N–H and O–H groups in total. The molecule has 0 bridgehead atoms. The molecular weight excluding hydrogens is 184 g/mol. The molecule has 0 aliphatic carbocycles. The monoisotopic (exact) mass is 204 g/mol. The fourth-order valence-corrected chi connectivity index (χ4v) is 3.06. The largest absolute Gasteiger partial charge is 0.309 e. The number of hydrogen-bond donors (Lipinski definition) is 1. The van der Waals surface area contributed by atoms with Gasteiger partial charge in [-0.1, -0.05) is 0 Å². The Morgan fingerprint density at radius 2 is 1.77 bits per heavy atom. The van der Waals surface area contributed by atoms with Gasteiger partial charge in [0.15, 0.2) is 0 Å². The maximum atomic E-state index is 11.8.